The molecule has 1 aromatic carbocycles. The molecular weight excluding hydrogens is 262 g/mol. The van der Waals surface area contributed by atoms with Crippen LogP contribution in [-0.2, 0) is 0 Å². The van der Waals surface area contributed by atoms with Gasteiger partial charge in [0.05, 0.1) is 0 Å². The van der Waals surface area contributed by atoms with Gasteiger partial charge in [-0.3, -0.25) is 0 Å². The van der Waals surface area contributed by atoms with Crippen LogP contribution in [0.2, 0.25) is 0 Å². The van der Waals surface area contributed by atoms with Gasteiger partial charge in [0.2, 0.25) is 0 Å². The quantitative estimate of drug-likeness (QED) is 0.766. The molecule has 88 valence electrons. The van der Waals surface area contributed by atoms with E-state index in [1.165, 1.54) is 37.8 Å². The number of benzene rings is 1. The number of nitrogens with one attached hydrogen (secondary N) is 1. The van der Waals surface area contributed by atoms with E-state index in [0.29, 0.717) is 6.04 Å². The van der Waals surface area contributed by atoms with Crippen molar-refractivity contribution in [1.82, 2.24) is 0 Å². The first-order valence-corrected chi connectivity index (χ1v) is 7.05. The van der Waals surface area contributed by atoms with Gasteiger partial charge in [0.1, 0.15) is 0 Å². The lowest BCUT2D eigenvalue weighted by Crippen LogP contribution is -2.18. The van der Waals surface area contributed by atoms with Crippen molar-refractivity contribution in [1.29, 1.82) is 0 Å². The van der Waals surface area contributed by atoms with Gasteiger partial charge in [-0.2, -0.15) is 0 Å². The first-order chi connectivity index (χ1) is 7.74. The van der Waals surface area contributed by atoms with Crippen LogP contribution in [0.15, 0.2) is 28.7 Å². The summed E-state index contributed by atoms with van der Waals surface area (Å²) in [4.78, 5) is 0. The van der Waals surface area contributed by atoms with Gasteiger partial charge in [0, 0.05) is 16.2 Å². The molecule has 1 aromatic rings. The van der Waals surface area contributed by atoms with Crippen molar-refractivity contribution in [3.8, 4) is 0 Å². The van der Waals surface area contributed by atoms with E-state index < -0.39 is 0 Å². The Morgan fingerprint density at radius 1 is 1.19 bits per heavy atom. The van der Waals surface area contributed by atoms with Gasteiger partial charge in [0.25, 0.3) is 0 Å². The highest BCUT2D eigenvalue weighted by Crippen LogP contribution is 2.25. The Bertz CT molecular complexity index is 337. The van der Waals surface area contributed by atoms with Gasteiger partial charge in [-0.25, -0.2) is 0 Å². The summed E-state index contributed by atoms with van der Waals surface area (Å²) in [6.07, 6.45) is 6.76. The summed E-state index contributed by atoms with van der Waals surface area (Å²) in [5.41, 5.74) is 1.24. The molecular formula is C14H20BrN. The molecule has 16 heavy (non-hydrogen) atoms. The third-order valence-electron chi connectivity index (χ3n) is 3.45. The summed E-state index contributed by atoms with van der Waals surface area (Å²) in [7, 11) is 0. The van der Waals surface area contributed by atoms with Crippen molar-refractivity contribution in [3.63, 3.8) is 0 Å². The molecule has 2 atom stereocenters. The first kappa shape index (κ1) is 12.0. The Balaban J connectivity index is 1.93. The standard InChI is InChI=1S/C14H20BrN/c1-11-4-2-6-13(9-8-11)16-14-7-3-5-12(15)10-14/h3,5,7,10-11,13,16H,2,4,6,8-9H2,1H3. The summed E-state index contributed by atoms with van der Waals surface area (Å²) >= 11 is 3.51. The predicted octanol–water partition coefficient (Wildman–Crippen LogP) is 4.83. The number of halogens is 1. The van der Waals surface area contributed by atoms with Crippen LogP contribution in [-0.4, -0.2) is 6.04 Å². The zero-order chi connectivity index (χ0) is 11.4. The molecule has 1 N–H and O–H groups in total. The molecule has 0 heterocycles. The Morgan fingerprint density at radius 2 is 2.06 bits per heavy atom. The highest BCUT2D eigenvalue weighted by Gasteiger charge is 2.15. The molecule has 1 aliphatic carbocycles. The summed E-state index contributed by atoms with van der Waals surface area (Å²) in [6, 6.07) is 9.14. The second kappa shape index (κ2) is 5.72. The molecule has 2 rings (SSSR count). The van der Waals surface area contributed by atoms with Gasteiger partial charge < -0.3 is 5.32 Å². The van der Waals surface area contributed by atoms with Crippen molar-refractivity contribution in [3.05, 3.63) is 28.7 Å². The lowest BCUT2D eigenvalue weighted by molar-refractivity contribution is 0.502. The van der Waals surface area contributed by atoms with Crippen LogP contribution in [0.4, 0.5) is 5.69 Å². The van der Waals surface area contributed by atoms with Crippen LogP contribution in [0.5, 0.6) is 0 Å². The Hall–Kier alpha value is -0.500. The van der Waals surface area contributed by atoms with Crippen LogP contribution in [0.25, 0.3) is 0 Å². The van der Waals surface area contributed by atoms with Crippen molar-refractivity contribution >= 4 is 21.6 Å². The lowest BCUT2D eigenvalue weighted by atomic mass is 10.0. The number of rotatable bonds is 2. The zero-order valence-corrected chi connectivity index (χ0v) is 11.5. The lowest BCUT2D eigenvalue weighted by Gasteiger charge is -2.17. The fourth-order valence-electron chi connectivity index (χ4n) is 2.45. The maximum atomic E-state index is 3.65. The van der Waals surface area contributed by atoms with E-state index in [1.54, 1.807) is 0 Å². The fourth-order valence-corrected chi connectivity index (χ4v) is 2.84. The third kappa shape index (κ3) is 3.51. The highest BCUT2D eigenvalue weighted by atomic mass is 79.9. The summed E-state index contributed by atoms with van der Waals surface area (Å²) in [5, 5.41) is 3.65. The van der Waals surface area contributed by atoms with Gasteiger partial charge in [-0.15, -0.1) is 0 Å². The largest absolute Gasteiger partial charge is 0.382 e. The second-order valence-corrected chi connectivity index (χ2v) is 5.88. The van der Waals surface area contributed by atoms with Gasteiger partial charge >= 0.3 is 0 Å². The van der Waals surface area contributed by atoms with Crippen molar-refractivity contribution in [2.45, 2.75) is 45.1 Å². The van der Waals surface area contributed by atoms with Crippen molar-refractivity contribution in [2.24, 2.45) is 5.92 Å². The molecule has 2 unspecified atom stereocenters. The number of hydrogen-bond acceptors (Lipinski definition) is 1. The fraction of sp³-hybridized carbons (Fsp3) is 0.571. The van der Waals surface area contributed by atoms with E-state index in [4.69, 9.17) is 0 Å². The van der Waals surface area contributed by atoms with Crippen LogP contribution in [0.3, 0.4) is 0 Å². The molecule has 1 nitrogen and oxygen atoms in total. The van der Waals surface area contributed by atoms with E-state index in [0.717, 1.165) is 10.4 Å². The van der Waals surface area contributed by atoms with Crippen LogP contribution < -0.4 is 5.32 Å². The van der Waals surface area contributed by atoms with Gasteiger partial charge in [-0.1, -0.05) is 41.8 Å². The Kier molecular flexibility index (Phi) is 4.28. The Morgan fingerprint density at radius 3 is 2.88 bits per heavy atom. The summed E-state index contributed by atoms with van der Waals surface area (Å²) in [5.74, 6) is 0.911. The van der Waals surface area contributed by atoms with Crippen LogP contribution in [0.1, 0.15) is 39.0 Å². The second-order valence-electron chi connectivity index (χ2n) is 4.97. The maximum Gasteiger partial charge on any atom is 0.0353 e. The van der Waals surface area contributed by atoms with Crippen molar-refractivity contribution in [2.75, 3.05) is 5.32 Å². The highest BCUT2D eigenvalue weighted by molar-refractivity contribution is 9.10. The topological polar surface area (TPSA) is 12.0 Å². The Labute approximate surface area is 107 Å². The van der Waals surface area contributed by atoms with E-state index in [9.17, 15) is 0 Å². The molecule has 0 radical (unpaired) electrons. The number of anilines is 1. The van der Waals surface area contributed by atoms with E-state index in [-0.39, 0.29) is 0 Å². The van der Waals surface area contributed by atoms with E-state index in [1.807, 2.05) is 0 Å². The van der Waals surface area contributed by atoms with Crippen molar-refractivity contribution < 1.29 is 0 Å². The monoisotopic (exact) mass is 281 g/mol. The third-order valence-corrected chi connectivity index (χ3v) is 3.95. The van der Waals surface area contributed by atoms with E-state index in [2.05, 4.69) is 52.4 Å². The number of hydrogen-bond donors (Lipinski definition) is 1. The summed E-state index contributed by atoms with van der Waals surface area (Å²) in [6.45, 7) is 2.38. The van der Waals surface area contributed by atoms with Gasteiger partial charge in [0.15, 0.2) is 0 Å². The predicted molar refractivity (Wildman–Crippen MR) is 73.8 cm³/mol. The molecule has 1 fully saturated rings. The molecule has 0 amide bonds. The summed E-state index contributed by atoms with van der Waals surface area (Å²) < 4.78 is 1.15. The average Bonchev–Trinajstić information content (AvgIpc) is 2.44. The molecule has 0 aromatic heterocycles. The SMILES string of the molecule is CC1CCCC(Nc2cccc(Br)c2)CC1. The minimum atomic E-state index is 0.666. The molecule has 1 aliphatic rings. The smallest absolute Gasteiger partial charge is 0.0353 e. The molecule has 0 aliphatic heterocycles. The zero-order valence-electron chi connectivity index (χ0n) is 9.88. The average molecular weight is 282 g/mol. The normalized spacial score (nSPS) is 26.1. The molecule has 1 saturated carbocycles. The minimum absolute atomic E-state index is 0.666. The van der Waals surface area contributed by atoms with Gasteiger partial charge in [-0.05, 0) is 43.4 Å². The first-order valence-electron chi connectivity index (χ1n) is 6.26. The molecule has 2 heteroatoms. The van der Waals surface area contributed by atoms with Crippen LogP contribution >= 0.6 is 15.9 Å². The molecule has 0 saturated heterocycles. The molecule has 0 spiro atoms. The maximum absolute atomic E-state index is 3.65. The van der Waals surface area contributed by atoms with E-state index >= 15 is 0 Å². The minimum Gasteiger partial charge on any atom is -0.382 e. The van der Waals surface area contributed by atoms with Crippen LogP contribution in [0, 0.1) is 5.92 Å². The molecule has 0 bridgehead atoms.